The highest BCUT2D eigenvalue weighted by atomic mass is 16.5. The molecule has 1 aromatic rings. The van der Waals surface area contributed by atoms with Crippen LogP contribution in [0.15, 0.2) is 23.2 Å². The van der Waals surface area contributed by atoms with Gasteiger partial charge in [0.05, 0.1) is 5.69 Å². The van der Waals surface area contributed by atoms with Crippen LogP contribution in [-0.4, -0.2) is 29.9 Å². The summed E-state index contributed by atoms with van der Waals surface area (Å²) in [7, 11) is 0. The summed E-state index contributed by atoms with van der Waals surface area (Å²) >= 11 is 0. The number of nitrogens with zero attached hydrogens (tertiary/aromatic N) is 2. The summed E-state index contributed by atoms with van der Waals surface area (Å²) in [5, 5.41) is 0. The second kappa shape index (κ2) is 6.28. The fraction of sp³-hybridized carbons (Fsp3) is 0.438. The Kier molecular flexibility index (Phi) is 4.58. The van der Waals surface area contributed by atoms with Gasteiger partial charge in [-0.15, -0.1) is 0 Å². The lowest BCUT2D eigenvalue weighted by molar-refractivity contribution is -0.128. The first-order chi connectivity index (χ1) is 10.7. The van der Waals surface area contributed by atoms with Crippen molar-refractivity contribution in [2.24, 2.45) is 22.4 Å². The van der Waals surface area contributed by atoms with Crippen LogP contribution in [0.25, 0.3) is 0 Å². The van der Waals surface area contributed by atoms with E-state index in [4.69, 9.17) is 16.2 Å². The Morgan fingerprint density at radius 1 is 1.26 bits per heavy atom. The van der Waals surface area contributed by atoms with Gasteiger partial charge in [-0.2, -0.15) is 4.99 Å². The molecule has 2 amide bonds. The Hall–Kier alpha value is -2.57. The minimum absolute atomic E-state index is 0.00830. The van der Waals surface area contributed by atoms with E-state index in [9.17, 15) is 9.59 Å². The monoisotopic (exact) mass is 318 g/mol. The predicted molar refractivity (Wildman–Crippen MR) is 88.5 cm³/mol. The molecule has 4 N–H and O–H groups in total. The molecule has 0 spiro atoms. The number of amides is 2. The molecule has 0 aromatic heterocycles. The molecule has 0 fully saturated rings. The number of benzene rings is 1. The van der Waals surface area contributed by atoms with Crippen molar-refractivity contribution in [2.45, 2.75) is 39.8 Å². The topological polar surface area (TPSA) is 111 Å². The summed E-state index contributed by atoms with van der Waals surface area (Å²) in [5.74, 6) is -0.438. The minimum atomic E-state index is -0.585. The van der Waals surface area contributed by atoms with Gasteiger partial charge >= 0.3 is 0 Å². The van der Waals surface area contributed by atoms with Crippen LogP contribution in [0.4, 0.5) is 5.69 Å². The van der Waals surface area contributed by atoms with Gasteiger partial charge in [-0.3, -0.25) is 9.59 Å². The van der Waals surface area contributed by atoms with Crippen LogP contribution in [0.2, 0.25) is 0 Å². The number of hydrogen-bond donors (Lipinski definition) is 2. The van der Waals surface area contributed by atoms with E-state index in [1.807, 2.05) is 27.7 Å². The zero-order chi connectivity index (χ0) is 17.3. The molecule has 0 radical (unpaired) electrons. The molecule has 2 rings (SSSR count). The predicted octanol–water partition coefficient (Wildman–Crippen LogP) is 1.26. The largest absolute Gasteiger partial charge is 0.478 e. The van der Waals surface area contributed by atoms with Crippen LogP contribution < -0.4 is 21.1 Å². The smallest absolute Gasteiger partial charge is 0.280 e. The first-order valence-corrected chi connectivity index (χ1v) is 7.50. The third-order valence-corrected chi connectivity index (χ3v) is 3.55. The Balaban J connectivity index is 2.49. The van der Waals surface area contributed by atoms with Gasteiger partial charge in [-0.05, 0) is 38.0 Å². The Labute approximate surface area is 135 Å². The Morgan fingerprint density at radius 2 is 1.91 bits per heavy atom. The van der Waals surface area contributed by atoms with Gasteiger partial charge in [0, 0.05) is 11.6 Å². The van der Waals surface area contributed by atoms with Gasteiger partial charge in [0.15, 0.2) is 12.1 Å². The quantitative estimate of drug-likeness (QED) is 0.644. The molecule has 0 saturated heterocycles. The van der Waals surface area contributed by atoms with Gasteiger partial charge in [0.25, 0.3) is 11.8 Å². The highest BCUT2D eigenvalue weighted by molar-refractivity contribution is 6.04. The van der Waals surface area contributed by atoms with Crippen molar-refractivity contribution in [3.05, 3.63) is 23.8 Å². The number of aliphatic imine (C=N–C) groups is 1. The molecule has 1 unspecified atom stereocenters. The fourth-order valence-electron chi connectivity index (χ4n) is 2.52. The zero-order valence-corrected chi connectivity index (χ0v) is 13.7. The molecule has 7 heteroatoms. The second-order valence-electron chi connectivity index (χ2n) is 6.11. The van der Waals surface area contributed by atoms with Crippen molar-refractivity contribution in [3.63, 3.8) is 0 Å². The summed E-state index contributed by atoms with van der Waals surface area (Å²) in [6.07, 6.45) is -0.585. The molecule has 0 saturated carbocycles. The Morgan fingerprint density at radius 3 is 2.43 bits per heavy atom. The molecular formula is C16H22N4O3. The number of carbonyl (C=O) groups excluding carboxylic acids is 2. The van der Waals surface area contributed by atoms with Crippen LogP contribution >= 0.6 is 0 Å². The summed E-state index contributed by atoms with van der Waals surface area (Å²) in [6.45, 7) is 7.70. The molecule has 23 heavy (non-hydrogen) atoms. The summed E-state index contributed by atoms with van der Waals surface area (Å²) < 4.78 is 5.83. The van der Waals surface area contributed by atoms with E-state index < -0.39 is 12.0 Å². The third-order valence-electron chi connectivity index (χ3n) is 3.55. The van der Waals surface area contributed by atoms with Crippen LogP contribution in [0.1, 0.15) is 38.1 Å². The van der Waals surface area contributed by atoms with E-state index >= 15 is 0 Å². The average Bonchev–Trinajstić information content (AvgIpc) is 2.44. The van der Waals surface area contributed by atoms with E-state index in [0.29, 0.717) is 17.0 Å². The number of carbonyl (C=O) groups is 2. The number of nitrogens with two attached hydrogens (primary N) is 2. The van der Waals surface area contributed by atoms with Crippen molar-refractivity contribution >= 4 is 23.5 Å². The molecule has 0 aliphatic carbocycles. The average molecular weight is 318 g/mol. The van der Waals surface area contributed by atoms with Crippen molar-refractivity contribution in [1.82, 2.24) is 0 Å². The normalized spacial score (nSPS) is 17.0. The molecule has 0 bridgehead atoms. The van der Waals surface area contributed by atoms with Crippen molar-refractivity contribution in [3.8, 4) is 5.75 Å². The second-order valence-corrected chi connectivity index (χ2v) is 6.11. The molecule has 1 aromatic carbocycles. The lowest BCUT2D eigenvalue weighted by Gasteiger charge is -2.38. The van der Waals surface area contributed by atoms with Crippen molar-refractivity contribution < 1.29 is 14.3 Å². The molecule has 7 nitrogen and oxygen atoms in total. The van der Waals surface area contributed by atoms with Gasteiger partial charge < -0.3 is 21.1 Å². The fourth-order valence-corrected chi connectivity index (χ4v) is 2.52. The highest BCUT2D eigenvalue weighted by Gasteiger charge is 2.37. The zero-order valence-electron chi connectivity index (χ0n) is 13.7. The van der Waals surface area contributed by atoms with E-state index in [-0.39, 0.29) is 23.8 Å². The molecule has 1 aliphatic heterocycles. The molecular weight excluding hydrogens is 296 g/mol. The number of hydrogen-bond acceptors (Lipinski definition) is 3. The number of rotatable bonds is 3. The maximum atomic E-state index is 12.6. The number of fused-ring (bicyclic) bond motifs is 1. The minimum Gasteiger partial charge on any atom is -0.478 e. The number of anilines is 1. The van der Waals surface area contributed by atoms with Crippen molar-refractivity contribution in [2.75, 3.05) is 4.90 Å². The van der Waals surface area contributed by atoms with E-state index in [2.05, 4.69) is 4.99 Å². The van der Waals surface area contributed by atoms with Crippen LogP contribution in [-0.2, 0) is 4.79 Å². The molecule has 1 aliphatic rings. The summed E-state index contributed by atoms with van der Waals surface area (Å²) in [6, 6.07) is 4.81. The van der Waals surface area contributed by atoms with E-state index in [0.717, 1.165) is 0 Å². The van der Waals surface area contributed by atoms with Crippen LogP contribution in [0.5, 0.6) is 5.75 Å². The van der Waals surface area contributed by atoms with Crippen molar-refractivity contribution in [1.29, 1.82) is 0 Å². The number of ether oxygens (including phenoxy) is 1. The lowest BCUT2D eigenvalue weighted by atomic mass is 10.0. The van der Waals surface area contributed by atoms with E-state index in [1.165, 1.54) is 0 Å². The SMILES string of the molecule is CC(C)C1Oc2cc(C(=O)N=C(N)N)ccc2N(C(C)C)C1=O. The van der Waals surface area contributed by atoms with E-state index in [1.54, 1.807) is 23.1 Å². The van der Waals surface area contributed by atoms with Gasteiger partial charge in [-0.25, -0.2) is 0 Å². The maximum Gasteiger partial charge on any atom is 0.280 e. The number of guanidine groups is 1. The molecule has 1 atom stereocenters. The van der Waals surface area contributed by atoms with Gasteiger partial charge in [-0.1, -0.05) is 13.8 Å². The summed E-state index contributed by atoms with van der Waals surface area (Å²) in [4.78, 5) is 29.8. The maximum absolute atomic E-state index is 12.6. The standard InChI is InChI=1S/C16H22N4O3/c1-8(2)13-15(22)20(9(3)4)11-6-5-10(7-12(11)23-13)14(21)19-16(17)18/h5-9,13H,1-4H3,(H4,17,18,19,21). The molecule has 124 valence electrons. The van der Waals surface area contributed by atoms with Crippen LogP contribution in [0, 0.1) is 5.92 Å². The van der Waals surface area contributed by atoms with Gasteiger partial charge in [0.2, 0.25) is 0 Å². The first-order valence-electron chi connectivity index (χ1n) is 7.50. The lowest BCUT2D eigenvalue weighted by Crippen LogP contribution is -2.51. The van der Waals surface area contributed by atoms with Gasteiger partial charge in [0.1, 0.15) is 5.75 Å². The molecule has 1 heterocycles. The highest BCUT2D eigenvalue weighted by Crippen LogP contribution is 2.37. The summed E-state index contributed by atoms with van der Waals surface area (Å²) in [5.41, 5.74) is 11.4. The third kappa shape index (κ3) is 3.28. The Bertz CT molecular complexity index is 663. The first kappa shape index (κ1) is 16.8. The van der Waals surface area contributed by atoms with Crippen LogP contribution in [0.3, 0.4) is 0 Å².